The zero-order valence-corrected chi connectivity index (χ0v) is 11.2. The van der Waals surface area contributed by atoms with Crippen molar-refractivity contribution in [2.45, 2.75) is 6.92 Å². The number of ether oxygens (including phenoxy) is 1. The molecule has 19 heavy (non-hydrogen) atoms. The second-order valence-corrected chi connectivity index (χ2v) is 4.52. The van der Waals surface area contributed by atoms with Gasteiger partial charge in [0.2, 0.25) is 17.6 Å². The molecule has 1 heterocycles. The predicted molar refractivity (Wildman–Crippen MR) is 67.6 cm³/mol. The molecule has 0 spiro atoms. The normalized spacial score (nSPS) is 10.3. The highest BCUT2D eigenvalue weighted by Crippen LogP contribution is 2.36. The molecule has 0 aliphatic rings. The third kappa shape index (κ3) is 3.02. The summed E-state index contributed by atoms with van der Waals surface area (Å²) in [6.07, 6.45) is 0.977. The first-order chi connectivity index (χ1) is 8.97. The van der Waals surface area contributed by atoms with Crippen LogP contribution in [0.4, 0.5) is 10.1 Å². The Morgan fingerprint density at radius 2 is 2.11 bits per heavy atom. The number of nitro groups is 1. The van der Waals surface area contributed by atoms with Crippen molar-refractivity contribution in [3.8, 4) is 11.6 Å². The molecule has 0 atom stereocenters. The number of hydrogen-bond acceptors (Lipinski definition) is 5. The quantitative estimate of drug-likeness (QED) is 0.490. The van der Waals surface area contributed by atoms with Crippen molar-refractivity contribution in [2.75, 3.05) is 0 Å². The first-order valence-electron chi connectivity index (χ1n) is 5.07. The molecule has 1 aromatic carbocycles. The Morgan fingerprint density at radius 3 is 2.74 bits per heavy atom. The Morgan fingerprint density at radius 1 is 1.37 bits per heavy atom. The molecule has 0 amide bonds. The fourth-order valence-corrected chi connectivity index (χ4v) is 2.02. The fourth-order valence-electron chi connectivity index (χ4n) is 1.46. The van der Waals surface area contributed by atoms with Crippen LogP contribution in [-0.2, 0) is 0 Å². The molecule has 0 radical (unpaired) electrons. The topological polar surface area (TPSA) is 78.2 Å². The first-order valence-corrected chi connectivity index (χ1v) is 5.86. The Bertz CT molecular complexity index is 651. The number of aryl methyl sites for hydroxylation is 1. The molecule has 0 saturated carbocycles. The van der Waals surface area contributed by atoms with Gasteiger partial charge in [0.15, 0.2) is 0 Å². The summed E-state index contributed by atoms with van der Waals surface area (Å²) in [5.41, 5.74) is 0.297. The third-order valence-electron chi connectivity index (χ3n) is 2.23. The second-order valence-electron chi connectivity index (χ2n) is 3.61. The molecule has 0 bridgehead atoms. The third-order valence-corrected chi connectivity index (χ3v) is 2.69. The van der Waals surface area contributed by atoms with Gasteiger partial charge in [0.25, 0.3) is 0 Å². The van der Waals surface area contributed by atoms with Gasteiger partial charge in [0, 0.05) is 16.1 Å². The minimum atomic E-state index is -0.776. The second kappa shape index (κ2) is 5.27. The summed E-state index contributed by atoms with van der Waals surface area (Å²) < 4.78 is 18.8. The van der Waals surface area contributed by atoms with Gasteiger partial charge in [-0.2, -0.15) is 4.39 Å². The maximum absolute atomic E-state index is 12.9. The van der Waals surface area contributed by atoms with Crippen molar-refractivity contribution in [1.82, 2.24) is 9.97 Å². The summed E-state index contributed by atoms with van der Waals surface area (Å²) in [5, 5.41) is 11.0. The molecule has 8 heteroatoms. The minimum absolute atomic E-state index is 0.0197. The number of aromatic nitrogens is 2. The van der Waals surface area contributed by atoms with Gasteiger partial charge in [0.1, 0.15) is 6.33 Å². The van der Waals surface area contributed by atoms with Crippen molar-refractivity contribution >= 4 is 21.6 Å². The highest BCUT2D eigenvalue weighted by Gasteiger charge is 2.20. The Hall–Kier alpha value is -2.09. The minimum Gasteiger partial charge on any atom is -0.431 e. The van der Waals surface area contributed by atoms with E-state index in [1.165, 1.54) is 6.07 Å². The first kappa shape index (κ1) is 13.3. The van der Waals surface area contributed by atoms with Crippen molar-refractivity contribution in [3.63, 3.8) is 0 Å². The van der Waals surface area contributed by atoms with E-state index in [0.717, 1.165) is 12.4 Å². The van der Waals surface area contributed by atoms with E-state index in [1.807, 2.05) is 0 Å². The van der Waals surface area contributed by atoms with Crippen LogP contribution in [-0.4, -0.2) is 14.9 Å². The van der Waals surface area contributed by atoms with E-state index in [4.69, 9.17) is 4.74 Å². The van der Waals surface area contributed by atoms with E-state index < -0.39 is 10.9 Å². The van der Waals surface area contributed by atoms with Gasteiger partial charge in [0.05, 0.1) is 11.0 Å². The Kier molecular flexibility index (Phi) is 3.70. The highest BCUT2D eigenvalue weighted by molar-refractivity contribution is 9.10. The molecule has 0 aliphatic carbocycles. The van der Waals surface area contributed by atoms with Crippen LogP contribution >= 0.6 is 15.9 Å². The van der Waals surface area contributed by atoms with Gasteiger partial charge < -0.3 is 4.74 Å². The van der Waals surface area contributed by atoms with Crippen LogP contribution in [0.3, 0.4) is 0 Å². The van der Waals surface area contributed by atoms with Gasteiger partial charge in [-0.15, -0.1) is 0 Å². The SMILES string of the molecule is Cc1cc(Br)cc([N+](=O)[O-])c1Oc1cc(F)ncn1. The number of nitrogens with zero attached hydrogens (tertiary/aromatic N) is 3. The monoisotopic (exact) mass is 327 g/mol. The van der Waals surface area contributed by atoms with Crippen LogP contribution in [0.1, 0.15) is 5.56 Å². The lowest BCUT2D eigenvalue weighted by atomic mass is 10.2. The Labute approximate surface area is 115 Å². The van der Waals surface area contributed by atoms with Gasteiger partial charge >= 0.3 is 5.69 Å². The lowest BCUT2D eigenvalue weighted by Crippen LogP contribution is -1.98. The van der Waals surface area contributed by atoms with Gasteiger partial charge in [-0.05, 0) is 13.0 Å². The fraction of sp³-hybridized carbons (Fsp3) is 0.0909. The summed E-state index contributed by atoms with van der Waals surface area (Å²) in [7, 11) is 0. The lowest BCUT2D eigenvalue weighted by molar-refractivity contribution is -0.385. The van der Waals surface area contributed by atoms with Crippen LogP contribution in [0.2, 0.25) is 0 Å². The van der Waals surface area contributed by atoms with Crippen LogP contribution in [0.15, 0.2) is 29.0 Å². The molecule has 0 saturated heterocycles. The van der Waals surface area contributed by atoms with E-state index in [1.54, 1.807) is 13.0 Å². The number of nitro benzene ring substituents is 1. The average molecular weight is 328 g/mol. The molecule has 0 unspecified atom stereocenters. The van der Waals surface area contributed by atoms with E-state index in [9.17, 15) is 14.5 Å². The summed E-state index contributed by atoms with van der Waals surface area (Å²) in [6.45, 7) is 1.64. The standard InChI is InChI=1S/C11H7BrFN3O3/c1-6-2-7(12)3-8(16(17)18)11(6)19-10-4-9(13)14-5-15-10/h2-5H,1H3. The van der Waals surface area contributed by atoms with Crippen LogP contribution in [0.25, 0.3) is 0 Å². The number of halogens is 2. The van der Waals surface area contributed by atoms with Crippen LogP contribution < -0.4 is 4.74 Å². The van der Waals surface area contributed by atoms with E-state index in [2.05, 4.69) is 25.9 Å². The predicted octanol–water partition coefficient (Wildman–Crippen LogP) is 3.39. The molecule has 98 valence electrons. The van der Waals surface area contributed by atoms with Crippen LogP contribution in [0.5, 0.6) is 11.6 Å². The molecule has 0 fully saturated rings. The molecule has 1 aromatic heterocycles. The van der Waals surface area contributed by atoms with Crippen molar-refractivity contribution < 1.29 is 14.1 Å². The van der Waals surface area contributed by atoms with Gasteiger partial charge in [-0.1, -0.05) is 15.9 Å². The van der Waals surface area contributed by atoms with Crippen molar-refractivity contribution in [3.05, 3.63) is 50.6 Å². The number of rotatable bonds is 3. The zero-order valence-electron chi connectivity index (χ0n) is 9.63. The molecular formula is C11H7BrFN3O3. The average Bonchev–Trinajstić information content (AvgIpc) is 2.32. The molecule has 6 nitrogen and oxygen atoms in total. The Balaban J connectivity index is 2.47. The maximum atomic E-state index is 12.9. The number of hydrogen-bond donors (Lipinski definition) is 0. The summed E-state index contributed by atoms with van der Waals surface area (Å²) in [6, 6.07) is 3.91. The molecular weight excluding hydrogens is 321 g/mol. The lowest BCUT2D eigenvalue weighted by Gasteiger charge is -2.08. The highest BCUT2D eigenvalue weighted by atomic mass is 79.9. The smallest absolute Gasteiger partial charge is 0.313 e. The summed E-state index contributed by atoms with van der Waals surface area (Å²) in [4.78, 5) is 17.4. The molecule has 2 aromatic rings. The maximum Gasteiger partial charge on any atom is 0.313 e. The van der Waals surface area contributed by atoms with Crippen molar-refractivity contribution in [1.29, 1.82) is 0 Å². The summed E-state index contributed by atoms with van der Waals surface area (Å²) in [5.74, 6) is -0.852. The van der Waals surface area contributed by atoms with Gasteiger partial charge in [-0.3, -0.25) is 10.1 Å². The molecule has 0 aliphatic heterocycles. The zero-order chi connectivity index (χ0) is 14.0. The van der Waals surface area contributed by atoms with E-state index in [0.29, 0.717) is 10.0 Å². The number of benzene rings is 1. The molecule has 2 rings (SSSR count). The largest absolute Gasteiger partial charge is 0.431 e. The summed E-state index contributed by atoms with van der Waals surface area (Å²) >= 11 is 3.17. The van der Waals surface area contributed by atoms with E-state index >= 15 is 0 Å². The van der Waals surface area contributed by atoms with Crippen molar-refractivity contribution in [2.24, 2.45) is 0 Å². The van der Waals surface area contributed by atoms with E-state index in [-0.39, 0.29) is 17.3 Å². The molecule has 0 N–H and O–H groups in total. The van der Waals surface area contributed by atoms with Crippen LogP contribution in [0, 0.1) is 23.0 Å². The van der Waals surface area contributed by atoms with Gasteiger partial charge in [-0.25, -0.2) is 9.97 Å².